The number of urea groups is 1. The van der Waals surface area contributed by atoms with Crippen molar-refractivity contribution in [3.05, 3.63) is 28.8 Å². The van der Waals surface area contributed by atoms with Gasteiger partial charge in [0.1, 0.15) is 0 Å². The van der Waals surface area contributed by atoms with Crippen molar-refractivity contribution in [3.8, 4) is 0 Å². The largest absolute Gasteiger partial charge is 0.338 e. The molecule has 110 valence electrons. The Balaban J connectivity index is 1.70. The van der Waals surface area contributed by atoms with Crippen LogP contribution in [0.15, 0.2) is 18.2 Å². The van der Waals surface area contributed by atoms with E-state index in [1.807, 2.05) is 19.1 Å². The van der Waals surface area contributed by atoms with Crippen molar-refractivity contribution < 1.29 is 4.79 Å². The SMILES string of the molecule is Cc1ccc(NC(=O)NCCC2CCCNC2)cc1Cl. The quantitative estimate of drug-likeness (QED) is 0.799. The molecule has 4 nitrogen and oxygen atoms in total. The first-order valence-electron chi connectivity index (χ1n) is 7.17. The molecule has 2 amide bonds. The lowest BCUT2D eigenvalue weighted by atomic mass is 9.96. The molecule has 1 unspecified atom stereocenters. The molecule has 3 N–H and O–H groups in total. The number of rotatable bonds is 4. The number of hydrogen-bond acceptors (Lipinski definition) is 2. The number of carbonyl (C=O) groups excluding carboxylic acids is 1. The molecular weight excluding hydrogens is 274 g/mol. The zero-order chi connectivity index (χ0) is 14.4. The minimum Gasteiger partial charge on any atom is -0.338 e. The fourth-order valence-electron chi connectivity index (χ4n) is 2.41. The summed E-state index contributed by atoms with van der Waals surface area (Å²) in [6, 6.07) is 5.34. The molecule has 0 spiro atoms. The van der Waals surface area contributed by atoms with Gasteiger partial charge in [-0.05, 0) is 62.9 Å². The van der Waals surface area contributed by atoms with Crippen molar-refractivity contribution in [3.63, 3.8) is 0 Å². The van der Waals surface area contributed by atoms with Gasteiger partial charge in [-0.3, -0.25) is 0 Å². The van der Waals surface area contributed by atoms with Gasteiger partial charge in [0, 0.05) is 17.3 Å². The van der Waals surface area contributed by atoms with Crippen LogP contribution in [-0.2, 0) is 0 Å². The van der Waals surface area contributed by atoms with E-state index in [4.69, 9.17) is 11.6 Å². The normalized spacial score (nSPS) is 18.6. The summed E-state index contributed by atoms with van der Waals surface area (Å²) >= 11 is 6.02. The Labute approximate surface area is 125 Å². The molecular formula is C15H22ClN3O. The zero-order valence-corrected chi connectivity index (χ0v) is 12.6. The van der Waals surface area contributed by atoms with E-state index < -0.39 is 0 Å². The van der Waals surface area contributed by atoms with E-state index >= 15 is 0 Å². The van der Waals surface area contributed by atoms with Crippen molar-refractivity contribution in [1.29, 1.82) is 0 Å². The van der Waals surface area contributed by atoms with Gasteiger partial charge < -0.3 is 16.0 Å². The van der Waals surface area contributed by atoms with E-state index in [1.54, 1.807) is 6.07 Å². The van der Waals surface area contributed by atoms with E-state index in [9.17, 15) is 4.79 Å². The molecule has 0 radical (unpaired) electrons. The minimum absolute atomic E-state index is 0.173. The van der Waals surface area contributed by atoms with Crippen molar-refractivity contribution in [2.75, 3.05) is 25.0 Å². The molecule has 2 rings (SSSR count). The van der Waals surface area contributed by atoms with Crippen LogP contribution in [0.4, 0.5) is 10.5 Å². The van der Waals surface area contributed by atoms with Crippen LogP contribution in [0.25, 0.3) is 0 Å². The lowest BCUT2D eigenvalue weighted by Crippen LogP contribution is -2.34. The van der Waals surface area contributed by atoms with E-state index in [0.717, 1.165) is 30.8 Å². The summed E-state index contributed by atoms with van der Waals surface area (Å²) in [6.45, 7) is 4.83. The van der Waals surface area contributed by atoms with Gasteiger partial charge in [-0.15, -0.1) is 0 Å². The highest BCUT2D eigenvalue weighted by Crippen LogP contribution is 2.19. The zero-order valence-electron chi connectivity index (χ0n) is 11.8. The highest BCUT2D eigenvalue weighted by Gasteiger charge is 2.12. The molecule has 1 aliphatic rings. The number of carbonyl (C=O) groups is 1. The predicted octanol–water partition coefficient (Wildman–Crippen LogP) is 3.16. The summed E-state index contributed by atoms with van der Waals surface area (Å²) in [5.74, 6) is 0.679. The van der Waals surface area contributed by atoms with Crippen LogP contribution in [0.5, 0.6) is 0 Å². The van der Waals surface area contributed by atoms with Crippen LogP contribution >= 0.6 is 11.6 Å². The maximum atomic E-state index is 11.8. The van der Waals surface area contributed by atoms with Crippen LogP contribution in [0, 0.1) is 12.8 Å². The third-order valence-electron chi connectivity index (χ3n) is 3.67. The maximum Gasteiger partial charge on any atom is 0.319 e. The van der Waals surface area contributed by atoms with Gasteiger partial charge in [0.25, 0.3) is 0 Å². The molecule has 1 fully saturated rings. The van der Waals surface area contributed by atoms with Crippen molar-refractivity contribution >= 4 is 23.3 Å². The van der Waals surface area contributed by atoms with Gasteiger partial charge in [0.05, 0.1) is 0 Å². The Bertz CT molecular complexity index is 458. The van der Waals surface area contributed by atoms with Gasteiger partial charge >= 0.3 is 6.03 Å². The standard InChI is InChI=1S/C15H22ClN3O/c1-11-4-5-13(9-14(11)16)19-15(20)18-8-6-12-3-2-7-17-10-12/h4-5,9,12,17H,2-3,6-8,10H2,1H3,(H2,18,19,20). The number of hydrogen-bond donors (Lipinski definition) is 3. The Morgan fingerprint density at radius 1 is 1.50 bits per heavy atom. The molecule has 1 saturated heterocycles. The molecule has 0 aliphatic carbocycles. The van der Waals surface area contributed by atoms with Crippen LogP contribution < -0.4 is 16.0 Å². The number of nitrogens with one attached hydrogen (secondary N) is 3. The molecule has 5 heteroatoms. The smallest absolute Gasteiger partial charge is 0.319 e. The van der Waals surface area contributed by atoms with Crippen LogP contribution in [0.3, 0.4) is 0 Å². The van der Waals surface area contributed by atoms with Gasteiger partial charge in [0.2, 0.25) is 0 Å². The van der Waals surface area contributed by atoms with Crippen LogP contribution in [-0.4, -0.2) is 25.7 Å². The van der Waals surface area contributed by atoms with Crippen LogP contribution in [0.1, 0.15) is 24.8 Å². The van der Waals surface area contributed by atoms with E-state index in [-0.39, 0.29) is 6.03 Å². The first-order valence-corrected chi connectivity index (χ1v) is 7.54. The minimum atomic E-state index is -0.173. The summed E-state index contributed by atoms with van der Waals surface area (Å²) in [5, 5.41) is 9.73. The third kappa shape index (κ3) is 4.69. The second kappa shape index (κ2) is 7.50. The summed E-state index contributed by atoms with van der Waals surface area (Å²) in [5.41, 5.74) is 1.72. The number of halogens is 1. The predicted molar refractivity (Wildman–Crippen MR) is 83.4 cm³/mol. The fourth-order valence-corrected chi connectivity index (χ4v) is 2.59. The molecule has 0 aromatic heterocycles. The molecule has 20 heavy (non-hydrogen) atoms. The number of aryl methyl sites for hydroxylation is 1. The monoisotopic (exact) mass is 295 g/mol. The van der Waals surface area contributed by atoms with Crippen molar-refractivity contribution in [1.82, 2.24) is 10.6 Å². The van der Waals surface area contributed by atoms with Crippen molar-refractivity contribution in [2.24, 2.45) is 5.92 Å². The summed E-state index contributed by atoms with van der Waals surface area (Å²) in [7, 11) is 0. The van der Waals surface area contributed by atoms with E-state index in [2.05, 4.69) is 16.0 Å². The number of amides is 2. The topological polar surface area (TPSA) is 53.2 Å². The Morgan fingerprint density at radius 2 is 2.35 bits per heavy atom. The van der Waals surface area contributed by atoms with E-state index in [1.165, 1.54) is 12.8 Å². The average Bonchev–Trinajstić information content (AvgIpc) is 2.44. The van der Waals surface area contributed by atoms with Gasteiger partial charge in [-0.1, -0.05) is 17.7 Å². The summed E-state index contributed by atoms with van der Waals surface area (Å²) < 4.78 is 0. The number of piperidine rings is 1. The maximum absolute atomic E-state index is 11.8. The third-order valence-corrected chi connectivity index (χ3v) is 4.07. The number of anilines is 1. The highest BCUT2D eigenvalue weighted by atomic mass is 35.5. The molecule has 1 aromatic rings. The fraction of sp³-hybridized carbons (Fsp3) is 0.533. The Morgan fingerprint density at radius 3 is 3.05 bits per heavy atom. The van der Waals surface area contributed by atoms with Gasteiger partial charge in [-0.25, -0.2) is 4.79 Å². The molecule has 1 aromatic carbocycles. The summed E-state index contributed by atoms with van der Waals surface area (Å²) in [4.78, 5) is 11.8. The van der Waals surface area contributed by atoms with Gasteiger partial charge in [-0.2, -0.15) is 0 Å². The Kier molecular flexibility index (Phi) is 5.68. The first kappa shape index (κ1) is 15.1. The molecule has 0 saturated carbocycles. The average molecular weight is 296 g/mol. The van der Waals surface area contributed by atoms with E-state index in [0.29, 0.717) is 17.5 Å². The molecule has 1 aliphatic heterocycles. The second-order valence-corrected chi connectivity index (χ2v) is 5.75. The Hall–Kier alpha value is -1.26. The molecule has 1 heterocycles. The highest BCUT2D eigenvalue weighted by molar-refractivity contribution is 6.31. The number of benzene rings is 1. The lowest BCUT2D eigenvalue weighted by Gasteiger charge is -2.22. The first-order chi connectivity index (χ1) is 9.65. The van der Waals surface area contributed by atoms with Crippen molar-refractivity contribution in [2.45, 2.75) is 26.2 Å². The summed E-state index contributed by atoms with van der Waals surface area (Å²) in [6.07, 6.45) is 3.51. The van der Waals surface area contributed by atoms with Gasteiger partial charge in [0.15, 0.2) is 0 Å². The molecule has 1 atom stereocenters. The van der Waals surface area contributed by atoms with Crippen LogP contribution in [0.2, 0.25) is 5.02 Å². The lowest BCUT2D eigenvalue weighted by molar-refractivity contribution is 0.250. The second-order valence-electron chi connectivity index (χ2n) is 5.35. The molecule has 0 bridgehead atoms.